The van der Waals surface area contributed by atoms with E-state index in [4.69, 9.17) is 4.74 Å². The Kier molecular flexibility index (Phi) is 2.63. The van der Waals surface area contributed by atoms with E-state index in [0.717, 1.165) is 17.0 Å². The molecule has 18 heavy (non-hydrogen) atoms. The average Bonchev–Trinajstić information content (AvgIpc) is 2.62. The number of amides is 1. The Morgan fingerprint density at radius 3 is 2.94 bits per heavy atom. The van der Waals surface area contributed by atoms with E-state index in [1.807, 2.05) is 24.0 Å². The highest BCUT2D eigenvalue weighted by molar-refractivity contribution is 5.98. The van der Waals surface area contributed by atoms with Crippen molar-refractivity contribution >= 4 is 5.91 Å². The van der Waals surface area contributed by atoms with Crippen molar-refractivity contribution in [1.82, 2.24) is 9.88 Å². The maximum atomic E-state index is 12.3. The van der Waals surface area contributed by atoms with Gasteiger partial charge in [0.15, 0.2) is 0 Å². The van der Waals surface area contributed by atoms with E-state index >= 15 is 0 Å². The zero-order chi connectivity index (χ0) is 12.9. The molecule has 1 saturated heterocycles. The van der Waals surface area contributed by atoms with Gasteiger partial charge in [-0.3, -0.25) is 9.78 Å². The minimum absolute atomic E-state index is 0.0161. The number of hydrogen-bond acceptors (Lipinski definition) is 3. The van der Waals surface area contributed by atoms with Gasteiger partial charge in [0.25, 0.3) is 5.91 Å². The SMILES string of the molecule is CC1CN2C(=O)c3ccc(C(C)C)nc3C2CO1. The smallest absolute Gasteiger partial charge is 0.256 e. The van der Waals surface area contributed by atoms with Crippen LogP contribution in [0.4, 0.5) is 0 Å². The van der Waals surface area contributed by atoms with Crippen LogP contribution in [-0.4, -0.2) is 35.0 Å². The number of morpholine rings is 1. The lowest BCUT2D eigenvalue weighted by Crippen LogP contribution is -2.42. The van der Waals surface area contributed by atoms with Crippen molar-refractivity contribution in [3.8, 4) is 0 Å². The molecular weight excluding hydrogens is 228 g/mol. The van der Waals surface area contributed by atoms with E-state index in [1.165, 1.54) is 0 Å². The van der Waals surface area contributed by atoms with E-state index in [0.29, 0.717) is 19.1 Å². The fraction of sp³-hybridized carbons (Fsp3) is 0.571. The molecule has 2 atom stereocenters. The summed E-state index contributed by atoms with van der Waals surface area (Å²) in [5, 5.41) is 0. The third-order valence-electron chi connectivity index (χ3n) is 3.71. The molecule has 0 bridgehead atoms. The molecule has 0 aromatic carbocycles. The zero-order valence-electron chi connectivity index (χ0n) is 11.0. The summed E-state index contributed by atoms with van der Waals surface area (Å²) in [6, 6.07) is 3.90. The van der Waals surface area contributed by atoms with Gasteiger partial charge in [-0.05, 0) is 25.0 Å². The molecule has 3 rings (SSSR count). The molecule has 96 valence electrons. The van der Waals surface area contributed by atoms with Crippen LogP contribution in [0.3, 0.4) is 0 Å². The first kappa shape index (κ1) is 11.7. The highest BCUT2D eigenvalue weighted by Gasteiger charge is 2.41. The molecule has 1 amide bonds. The highest BCUT2D eigenvalue weighted by atomic mass is 16.5. The van der Waals surface area contributed by atoms with Crippen molar-refractivity contribution in [3.05, 3.63) is 29.1 Å². The Labute approximate surface area is 107 Å². The molecule has 0 aliphatic carbocycles. The second-order valence-electron chi connectivity index (χ2n) is 5.44. The Morgan fingerprint density at radius 2 is 2.22 bits per heavy atom. The molecule has 4 nitrogen and oxygen atoms in total. The zero-order valence-corrected chi connectivity index (χ0v) is 11.0. The number of carbonyl (C=O) groups is 1. The van der Waals surface area contributed by atoms with Crippen LogP contribution in [0.2, 0.25) is 0 Å². The van der Waals surface area contributed by atoms with Crippen LogP contribution >= 0.6 is 0 Å². The molecule has 0 N–H and O–H groups in total. The van der Waals surface area contributed by atoms with E-state index in [9.17, 15) is 4.79 Å². The van der Waals surface area contributed by atoms with Crippen molar-refractivity contribution < 1.29 is 9.53 Å². The second-order valence-corrected chi connectivity index (χ2v) is 5.44. The fourth-order valence-corrected chi connectivity index (χ4v) is 2.66. The van der Waals surface area contributed by atoms with Crippen LogP contribution in [0, 0.1) is 0 Å². The van der Waals surface area contributed by atoms with Crippen molar-refractivity contribution in [2.24, 2.45) is 0 Å². The van der Waals surface area contributed by atoms with Crippen LogP contribution in [0.1, 0.15) is 54.5 Å². The molecular formula is C14H18N2O2. The standard InChI is InChI=1S/C14H18N2O2/c1-8(2)11-5-4-10-13(15-11)12-7-18-9(3)6-16(12)14(10)17/h4-5,8-9,12H,6-7H2,1-3H3. The number of hydrogen-bond donors (Lipinski definition) is 0. The van der Waals surface area contributed by atoms with Gasteiger partial charge in [0.05, 0.1) is 30.0 Å². The van der Waals surface area contributed by atoms with E-state index in [-0.39, 0.29) is 18.1 Å². The maximum absolute atomic E-state index is 12.3. The molecule has 3 heterocycles. The number of rotatable bonds is 1. The normalized spacial score (nSPS) is 26.4. The van der Waals surface area contributed by atoms with Gasteiger partial charge in [0.2, 0.25) is 0 Å². The van der Waals surface area contributed by atoms with Gasteiger partial charge in [-0.1, -0.05) is 13.8 Å². The predicted molar refractivity (Wildman–Crippen MR) is 67.5 cm³/mol. The molecule has 0 saturated carbocycles. The number of ether oxygens (including phenoxy) is 1. The maximum Gasteiger partial charge on any atom is 0.256 e. The summed E-state index contributed by atoms with van der Waals surface area (Å²) in [4.78, 5) is 18.9. The number of pyridine rings is 1. The average molecular weight is 246 g/mol. The van der Waals surface area contributed by atoms with Crippen molar-refractivity contribution in [3.63, 3.8) is 0 Å². The lowest BCUT2D eigenvalue weighted by Gasteiger charge is -2.33. The topological polar surface area (TPSA) is 42.4 Å². The number of carbonyl (C=O) groups excluding carboxylic acids is 1. The van der Waals surface area contributed by atoms with E-state index in [2.05, 4.69) is 18.8 Å². The first-order valence-corrected chi connectivity index (χ1v) is 6.51. The van der Waals surface area contributed by atoms with Crippen LogP contribution in [0.5, 0.6) is 0 Å². The predicted octanol–water partition coefficient (Wildman–Crippen LogP) is 2.12. The first-order chi connectivity index (χ1) is 8.58. The molecule has 1 fully saturated rings. The molecule has 2 aliphatic heterocycles. The largest absolute Gasteiger partial charge is 0.374 e. The highest BCUT2D eigenvalue weighted by Crippen LogP contribution is 2.36. The molecule has 4 heteroatoms. The Hall–Kier alpha value is -1.42. The second kappa shape index (κ2) is 4.05. The number of aromatic nitrogens is 1. The lowest BCUT2D eigenvalue weighted by molar-refractivity contribution is -0.0401. The Bertz CT molecular complexity index is 499. The number of fused-ring (bicyclic) bond motifs is 3. The monoisotopic (exact) mass is 246 g/mol. The molecule has 2 unspecified atom stereocenters. The summed E-state index contributed by atoms with van der Waals surface area (Å²) in [5.74, 6) is 0.482. The van der Waals surface area contributed by atoms with Gasteiger partial charge >= 0.3 is 0 Å². The molecule has 1 aromatic rings. The quantitative estimate of drug-likeness (QED) is 0.762. The fourth-order valence-electron chi connectivity index (χ4n) is 2.66. The van der Waals surface area contributed by atoms with E-state index < -0.39 is 0 Å². The molecule has 2 aliphatic rings. The summed E-state index contributed by atoms with van der Waals surface area (Å²) in [5.41, 5.74) is 2.70. The Balaban J connectivity index is 2.02. The van der Waals surface area contributed by atoms with Crippen molar-refractivity contribution in [1.29, 1.82) is 0 Å². The van der Waals surface area contributed by atoms with Gasteiger partial charge < -0.3 is 9.64 Å². The number of nitrogens with zero attached hydrogens (tertiary/aromatic N) is 2. The van der Waals surface area contributed by atoms with Gasteiger partial charge in [-0.15, -0.1) is 0 Å². The van der Waals surface area contributed by atoms with Crippen LogP contribution in [0.25, 0.3) is 0 Å². The summed E-state index contributed by atoms with van der Waals surface area (Å²) in [7, 11) is 0. The van der Waals surface area contributed by atoms with Gasteiger partial charge in [0, 0.05) is 12.2 Å². The van der Waals surface area contributed by atoms with Gasteiger partial charge in [-0.25, -0.2) is 0 Å². The summed E-state index contributed by atoms with van der Waals surface area (Å²) in [6.07, 6.45) is 0.115. The Morgan fingerprint density at radius 1 is 1.44 bits per heavy atom. The lowest BCUT2D eigenvalue weighted by atomic mass is 10.1. The van der Waals surface area contributed by atoms with Crippen LogP contribution < -0.4 is 0 Å². The summed E-state index contributed by atoms with van der Waals surface area (Å²) >= 11 is 0. The molecule has 0 radical (unpaired) electrons. The first-order valence-electron chi connectivity index (χ1n) is 6.51. The van der Waals surface area contributed by atoms with Crippen LogP contribution in [-0.2, 0) is 4.74 Å². The summed E-state index contributed by atoms with van der Waals surface area (Å²) < 4.78 is 5.66. The third kappa shape index (κ3) is 1.63. The minimum atomic E-state index is 0.0161. The van der Waals surface area contributed by atoms with E-state index in [1.54, 1.807) is 0 Å². The minimum Gasteiger partial charge on any atom is -0.374 e. The van der Waals surface area contributed by atoms with Gasteiger partial charge in [0.1, 0.15) is 0 Å². The molecule has 0 spiro atoms. The van der Waals surface area contributed by atoms with Crippen LogP contribution in [0.15, 0.2) is 12.1 Å². The van der Waals surface area contributed by atoms with Crippen molar-refractivity contribution in [2.75, 3.05) is 13.2 Å². The van der Waals surface area contributed by atoms with Crippen molar-refractivity contribution in [2.45, 2.75) is 38.8 Å². The summed E-state index contributed by atoms with van der Waals surface area (Å²) in [6.45, 7) is 7.45. The molecule has 1 aromatic heterocycles. The van der Waals surface area contributed by atoms with Gasteiger partial charge in [-0.2, -0.15) is 0 Å². The third-order valence-corrected chi connectivity index (χ3v) is 3.71.